The van der Waals surface area contributed by atoms with Crippen molar-refractivity contribution in [1.82, 2.24) is 4.90 Å². The fraction of sp³-hybridized carbons (Fsp3) is 0.750. The van der Waals surface area contributed by atoms with E-state index in [1.807, 2.05) is 6.26 Å². The second-order valence-electron chi connectivity index (χ2n) is 6.03. The molecule has 2 N–H and O–H groups in total. The number of fused-ring (bicyclic) bond motifs is 1. The fourth-order valence-electron chi connectivity index (χ4n) is 4.22. The highest BCUT2D eigenvalue weighted by Crippen LogP contribution is 2.40. The summed E-state index contributed by atoms with van der Waals surface area (Å²) < 4.78 is 5.65. The van der Waals surface area contributed by atoms with E-state index in [-0.39, 0.29) is 0 Å². The highest BCUT2D eigenvalue weighted by atomic mass is 16.3. The van der Waals surface area contributed by atoms with Crippen molar-refractivity contribution in [2.75, 3.05) is 13.1 Å². The maximum atomic E-state index is 5.98. The Morgan fingerprint density at radius 2 is 2.21 bits per heavy atom. The number of hydrogen-bond donors (Lipinski definition) is 1. The van der Waals surface area contributed by atoms with E-state index in [1.54, 1.807) is 0 Å². The third-order valence-electron chi connectivity index (χ3n) is 5.13. The second kappa shape index (κ2) is 5.68. The van der Waals surface area contributed by atoms with Crippen molar-refractivity contribution in [2.45, 2.75) is 57.5 Å². The number of aryl methyl sites for hydroxylation is 1. The van der Waals surface area contributed by atoms with Crippen LogP contribution in [-0.4, -0.2) is 24.0 Å². The molecule has 3 rings (SSSR count). The van der Waals surface area contributed by atoms with E-state index in [1.165, 1.54) is 43.4 Å². The molecule has 2 aliphatic rings. The minimum atomic E-state index is 0.560. The van der Waals surface area contributed by atoms with Gasteiger partial charge in [-0.25, -0.2) is 0 Å². The normalized spacial score (nSPS) is 30.8. The van der Waals surface area contributed by atoms with E-state index in [0.717, 1.165) is 19.5 Å². The van der Waals surface area contributed by atoms with Gasteiger partial charge in [-0.1, -0.05) is 13.3 Å². The lowest BCUT2D eigenvalue weighted by molar-refractivity contribution is 0.101. The molecule has 1 saturated carbocycles. The summed E-state index contributed by atoms with van der Waals surface area (Å²) in [6.45, 7) is 4.25. The van der Waals surface area contributed by atoms with Crippen molar-refractivity contribution in [3.63, 3.8) is 0 Å². The predicted octanol–water partition coefficient (Wildman–Crippen LogP) is 3.11. The van der Waals surface area contributed by atoms with Crippen molar-refractivity contribution in [3.05, 3.63) is 23.7 Å². The Labute approximate surface area is 116 Å². The Bertz CT molecular complexity index is 415. The molecule has 0 aromatic carbocycles. The maximum Gasteiger partial charge on any atom is 0.108 e. The fourth-order valence-corrected chi connectivity index (χ4v) is 4.22. The summed E-state index contributed by atoms with van der Waals surface area (Å²) >= 11 is 0. The van der Waals surface area contributed by atoms with Gasteiger partial charge in [0.2, 0.25) is 0 Å². The van der Waals surface area contributed by atoms with Gasteiger partial charge in [-0.3, -0.25) is 4.90 Å². The lowest BCUT2D eigenvalue weighted by Crippen LogP contribution is -2.43. The SMILES string of the molecule is CCN(C1CCCc2occc21)C1CCCC1CN. The summed E-state index contributed by atoms with van der Waals surface area (Å²) in [5.41, 5.74) is 7.42. The third kappa shape index (κ3) is 2.34. The molecule has 0 bridgehead atoms. The molecule has 3 atom stereocenters. The van der Waals surface area contributed by atoms with Gasteiger partial charge in [0, 0.05) is 24.1 Å². The lowest BCUT2D eigenvalue weighted by Gasteiger charge is -2.40. The Kier molecular flexibility index (Phi) is 3.94. The van der Waals surface area contributed by atoms with Crippen molar-refractivity contribution in [1.29, 1.82) is 0 Å². The van der Waals surface area contributed by atoms with Crippen LogP contribution in [0.25, 0.3) is 0 Å². The van der Waals surface area contributed by atoms with E-state index in [9.17, 15) is 0 Å². The molecule has 19 heavy (non-hydrogen) atoms. The monoisotopic (exact) mass is 262 g/mol. The minimum Gasteiger partial charge on any atom is -0.469 e. The van der Waals surface area contributed by atoms with E-state index < -0.39 is 0 Å². The average Bonchev–Trinajstić information content (AvgIpc) is 3.08. The van der Waals surface area contributed by atoms with Crippen molar-refractivity contribution in [3.8, 4) is 0 Å². The quantitative estimate of drug-likeness (QED) is 0.906. The largest absolute Gasteiger partial charge is 0.469 e. The zero-order valence-electron chi connectivity index (χ0n) is 12.0. The number of hydrogen-bond acceptors (Lipinski definition) is 3. The number of rotatable bonds is 4. The van der Waals surface area contributed by atoms with Crippen LogP contribution in [0.3, 0.4) is 0 Å². The van der Waals surface area contributed by atoms with E-state index in [4.69, 9.17) is 10.2 Å². The summed E-state index contributed by atoms with van der Waals surface area (Å²) in [5, 5.41) is 0. The molecule has 3 unspecified atom stereocenters. The molecule has 1 aromatic heterocycles. The van der Waals surface area contributed by atoms with Crippen LogP contribution in [0.2, 0.25) is 0 Å². The molecule has 0 aliphatic heterocycles. The zero-order valence-corrected chi connectivity index (χ0v) is 12.0. The molecule has 2 aliphatic carbocycles. The standard InChI is InChI=1S/C16H26N2O/c1-2-18(14-6-3-5-12(14)11-17)15-7-4-8-16-13(15)9-10-19-16/h9-10,12,14-15H,2-8,11,17H2,1H3. The van der Waals surface area contributed by atoms with Gasteiger partial charge in [0.15, 0.2) is 0 Å². The van der Waals surface area contributed by atoms with Crippen molar-refractivity contribution >= 4 is 0 Å². The third-order valence-corrected chi connectivity index (χ3v) is 5.13. The zero-order chi connectivity index (χ0) is 13.2. The van der Waals surface area contributed by atoms with Crippen LogP contribution in [0.15, 0.2) is 16.7 Å². The van der Waals surface area contributed by atoms with E-state index in [0.29, 0.717) is 18.0 Å². The molecule has 1 aromatic rings. The predicted molar refractivity (Wildman–Crippen MR) is 77.0 cm³/mol. The van der Waals surface area contributed by atoms with Crippen molar-refractivity contribution < 1.29 is 4.42 Å². The first kappa shape index (κ1) is 13.2. The first-order valence-corrected chi connectivity index (χ1v) is 7.87. The highest BCUT2D eigenvalue weighted by Gasteiger charge is 2.36. The van der Waals surface area contributed by atoms with Crippen LogP contribution in [0.1, 0.15) is 56.4 Å². The summed E-state index contributed by atoms with van der Waals surface area (Å²) in [4.78, 5) is 2.71. The summed E-state index contributed by atoms with van der Waals surface area (Å²) in [5.74, 6) is 1.91. The first-order valence-electron chi connectivity index (χ1n) is 7.87. The minimum absolute atomic E-state index is 0.560. The lowest BCUT2D eigenvalue weighted by atomic mass is 9.89. The molecule has 106 valence electrons. The molecule has 0 radical (unpaired) electrons. The van der Waals surface area contributed by atoms with E-state index >= 15 is 0 Å². The van der Waals surface area contributed by atoms with Gasteiger partial charge in [0.1, 0.15) is 5.76 Å². The summed E-state index contributed by atoms with van der Waals surface area (Å²) in [6, 6.07) is 3.43. The number of nitrogens with zero attached hydrogens (tertiary/aromatic N) is 1. The Balaban J connectivity index is 1.84. The van der Waals surface area contributed by atoms with Gasteiger partial charge in [-0.2, -0.15) is 0 Å². The topological polar surface area (TPSA) is 42.4 Å². The number of nitrogens with two attached hydrogens (primary N) is 1. The average molecular weight is 262 g/mol. The van der Waals surface area contributed by atoms with Crippen LogP contribution in [0, 0.1) is 5.92 Å². The molecule has 3 nitrogen and oxygen atoms in total. The van der Waals surface area contributed by atoms with Gasteiger partial charge in [0.05, 0.1) is 6.26 Å². The second-order valence-corrected chi connectivity index (χ2v) is 6.03. The maximum absolute atomic E-state index is 5.98. The highest BCUT2D eigenvalue weighted by molar-refractivity contribution is 5.24. The molecule has 0 spiro atoms. The Morgan fingerprint density at radius 1 is 1.32 bits per heavy atom. The molecule has 3 heteroatoms. The van der Waals surface area contributed by atoms with Gasteiger partial charge in [-0.05, 0) is 50.8 Å². The van der Waals surface area contributed by atoms with E-state index in [2.05, 4.69) is 17.9 Å². The number of furan rings is 1. The van der Waals surface area contributed by atoms with Crippen LogP contribution in [0.4, 0.5) is 0 Å². The van der Waals surface area contributed by atoms with Crippen molar-refractivity contribution in [2.24, 2.45) is 11.7 Å². The van der Waals surface area contributed by atoms with Crippen LogP contribution >= 0.6 is 0 Å². The molecular weight excluding hydrogens is 236 g/mol. The molecule has 0 saturated heterocycles. The van der Waals surface area contributed by atoms with Crippen LogP contribution in [0.5, 0.6) is 0 Å². The van der Waals surface area contributed by atoms with Gasteiger partial charge >= 0.3 is 0 Å². The molecular formula is C16H26N2O. The Morgan fingerprint density at radius 3 is 3.00 bits per heavy atom. The van der Waals surface area contributed by atoms with Gasteiger partial charge < -0.3 is 10.2 Å². The van der Waals surface area contributed by atoms with Crippen LogP contribution in [-0.2, 0) is 6.42 Å². The molecule has 0 amide bonds. The van der Waals surface area contributed by atoms with Crippen LogP contribution < -0.4 is 5.73 Å². The summed E-state index contributed by atoms with van der Waals surface area (Å²) in [7, 11) is 0. The molecule has 1 fully saturated rings. The smallest absolute Gasteiger partial charge is 0.108 e. The Hall–Kier alpha value is -0.800. The first-order chi connectivity index (χ1) is 9.35. The molecule has 1 heterocycles. The van der Waals surface area contributed by atoms with Gasteiger partial charge in [0.25, 0.3) is 0 Å². The van der Waals surface area contributed by atoms with Gasteiger partial charge in [-0.15, -0.1) is 0 Å². The summed E-state index contributed by atoms with van der Waals surface area (Å²) in [6.07, 6.45) is 9.47.